The van der Waals surface area contributed by atoms with Crippen LogP contribution in [0.3, 0.4) is 0 Å². The van der Waals surface area contributed by atoms with Gasteiger partial charge in [0.2, 0.25) is 0 Å². The van der Waals surface area contributed by atoms with Crippen molar-refractivity contribution in [3.63, 3.8) is 0 Å². The van der Waals surface area contributed by atoms with E-state index in [9.17, 15) is 14.4 Å². The molecular formula is C91H69N10O6Os3. The fourth-order valence-corrected chi connectivity index (χ4v) is 13.4. The van der Waals surface area contributed by atoms with Gasteiger partial charge in [0.05, 0.1) is 67.6 Å². The van der Waals surface area contributed by atoms with Gasteiger partial charge in [-0.15, -0.1) is 23.6 Å². The molecule has 2 aliphatic heterocycles. The minimum absolute atomic E-state index is 0. The molecule has 17 aromatic rings. The minimum Gasteiger partial charge on any atom is -0.512 e. The molecule has 0 amide bonds. The van der Waals surface area contributed by atoms with Gasteiger partial charge in [-0.05, 0) is 185 Å². The van der Waals surface area contributed by atoms with Gasteiger partial charge in [-0.1, -0.05) is 204 Å². The smallest absolute Gasteiger partial charge is 0.512 e. The van der Waals surface area contributed by atoms with Gasteiger partial charge < -0.3 is 35.5 Å². The second kappa shape index (κ2) is 34.4. The molecule has 0 bridgehead atoms. The van der Waals surface area contributed by atoms with Crippen molar-refractivity contribution in [1.82, 2.24) is 29.9 Å². The van der Waals surface area contributed by atoms with Gasteiger partial charge in [-0.3, -0.25) is 34.3 Å². The number of allylic oxidation sites excluding steroid dienone is 6. The zero-order valence-electron chi connectivity index (χ0n) is 60.8. The second-order valence-electron chi connectivity index (χ2n) is 26.1. The summed E-state index contributed by atoms with van der Waals surface area (Å²) in [6.07, 6.45) is 8.39. The monoisotopic (exact) mass is 1970 g/mol. The number of benzene rings is 14. The number of fused-ring (bicyclic) bond motifs is 6. The Morgan fingerprint density at radius 3 is 1.29 bits per heavy atom. The number of rotatable bonds is 6. The van der Waals surface area contributed by atoms with E-state index in [1.807, 2.05) is 85.5 Å². The molecule has 19 heteroatoms. The Balaban J connectivity index is 0.000000143. The third kappa shape index (κ3) is 17.4. The summed E-state index contributed by atoms with van der Waals surface area (Å²) in [7, 11) is 0. The summed E-state index contributed by atoms with van der Waals surface area (Å²) >= 11 is 0. The molecule has 0 saturated carbocycles. The number of aliphatic hydroxyl groups excluding tert-OH is 3. The maximum absolute atomic E-state index is 10.0. The van der Waals surface area contributed by atoms with Gasteiger partial charge in [-0.25, -0.2) is 9.97 Å². The van der Waals surface area contributed by atoms with Crippen LogP contribution in [0.4, 0.5) is 28.6 Å². The average Bonchev–Trinajstić information content (AvgIpc) is 0.741. The first kappa shape index (κ1) is 79.0. The quantitative estimate of drug-likeness (QED) is 0.0463. The summed E-state index contributed by atoms with van der Waals surface area (Å²) in [4.78, 5) is 70.4. The number of aliphatic hydroxyl groups is 3. The second-order valence-corrected chi connectivity index (χ2v) is 26.1. The first-order chi connectivity index (χ1) is 51.7. The summed E-state index contributed by atoms with van der Waals surface area (Å²) in [6, 6.07) is 83.2. The number of nitrogens with zero attached hydrogens (tertiary/aromatic N) is 10. The molecule has 3 radical (unpaired) electrons. The third-order valence-corrected chi connectivity index (χ3v) is 17.8. The van der Waals surface area contributed by atoms with Crippen molar-refractivity contribution >= 4 is 177 Å². The van der Waals surface area contributed by atoms with Crippen molar-refractivity contribution in [3.05, 3.63) is 301 Å². The Morgan fingerprint density at radius 2 is 0.791 bits per heavy atom. The van der Waals surface area contributed by atoms with Gasteiger partial charge in [-0.2, -0.15) is 0 Å². The maximum Gasteiger partial charge on any atom is 1.00 e. The summed E-state index contributed by atoms with van der Waals surface area (Å²) in [5, 5.41) is 48.9. The van der Waals surface area contributed by atoms with E-state index < -0.39 is 0 Å². The number of aliphatic imine (C=N–C) groups is 2. The maximum atomic E-state index is 10.0. The molecule has 0 spiro atoms. The van der Waals surface area contributed by atoms with Crippen LogP contribution >= 0.6 is 0 Å². The molecule has 19 rings (SSSR count). The number of aromatic nitrogens is 6. The van der Waals surface area contributed by atoms with Crippen LogP contribution in [-0.4, -0.2) is 74.7 Å². The van der Waals surface area contributed by atoms with E-state index in [-0.39, 0.29) is 94.0 Å². The molecule has 0 atom stereocenters. The predicted molar refractivity (Wildman–Crippen MR) is 436 cm³/mol. The van der Waals surface area contributed by atoms with Crippen LogP contribution in [0.15, 0.2) is 282 Å². The largest absolute Gasteiger partial charge is 1.00 e. The number of carbonyl (C=O) groups is 3. The van der Waals surface area contributed by atoms with Crippen LogP contribution in [-0.2, 0) is 73.8 Å². The van der Waals surface area contributed by atoms with Crippen LogP contribution < -0.4 is 4.90 Å². The molecule has 14 aromatic carbocycles. The van der Waals surface area contributed by atoms with Crippen molar-refractivity contribution in [2.75, 3.05) is 4.90 Å². The summed E-state index contributed by atoms with van der Waals surface area (Å²) in [5.41, 5.74) is 13.5. The van der Waals surface area contributed by atoms with E-state index >= 15 is 0 Å². The van der Waals surface area contributed by atoms with E-state index in [4.69, 9.17) is 50.5 Å². The van der Waals surface area contributed by atoms with E-state index in [2.05, 4.69) is 186 Å². The molecule has 0 unspecified atom stereocenters. The Morgan fingerprint density at radius 1 is 0.391 bits per heavy atom. The van der Waals surface area contributed by atoms with Gasteiger partial charge in [0.15, 0.2) is 17.3 Å². The predicted octanol–water partition coefficient (Wildman–Crippen LogP) is 22.5. The molecule has 0 aliphatic carbocycles. The van der Waals surface area contributed by atoms with Gasteiger partial charge >= 0.3 is 59.4 Å². The molecule has 5 heterocycles. The number of ketones is 3. The van der Waals surface area contributed by atoms with Gasteiger partial charge in [0, 0.05) is 42.2 Å². The van der Waals surface area contributed by atoms with Crippen LogP contribution in [0.5, 0.6) is 0 Å². The molecule has 3 N–H and O–H groups in total. The molecular weight excluding hydrogens is 1900 g/mol. The van der Waals surface area contributed by atoms with Crippen molar-refractivity contribution in [2.45, 2.75) is 55.4 Å². The number of amidine groups is 1. The number of anilines is 2. The normalized spacial score (nSPS) is 12.1. The van der Waals surface area contributed by atoms with Gasteiger partial charge in [0.25, 0.3) is 0 Å². The molecule has 2 aliphatic rings. The first-order valence-electron chi connectivity index (χ1n) is 34.6. The number of aryl methyl sites for hydroxylation is 2. The molecule has 543 valence electrons. The fraction of sp³-hybridized carbons (Fsp3) is 0.0879. The van der Waals surface area contributed by atoms with Crippen LogP contribution in [0, 0.1) is 19.9 Å². The molecule has 0 fully saturated rings. The van der Waals surface area contributed by atoms with E-state index in [0.29, 0.717) is 11.7 Å². The zero-order chi connectivity index (χ0) is 74.6. The molecule has 0 saturated heterocycles. The van der Waals surface area contributed by atoms with E-state index in [1.165, 1.54) is 97.5 Å². The SMILES string of the molecule is CC(=O)C=C(C)O.CC(=O)C=C(C)O.CC(=O)C=C(C)O.Cc1nc2cc3ccccc3cc2nc1-c1[c-]c2ccc3cccc4ccc(c1)c2c34.Cc1nc2cc3ccccc3cc2nc1C1=Nc2cccc3cccc(c23)[N-]1.[C-]1=Nc2cccc3cccc(c23)N1c1cnc2cc3ccccc3cc2n1.[Os+].[Os+].[Os+]. The van der Waals surface area contributed by atoms with Crippen LogP contribution in [0.2, 0.25) is 0 Å². The standard InChI is InChI=1S/C29H17N2.C24H15N4.C23H13N4.3C5H8O2.3Os/c1-17-29(31-26-16-21-6-3-2-5-20(21)15-25(26)30-17)24-13-22-11-9-18-7-4-8-19-10-12-23(14-24)28(22)27(18)19;1-14-23(26-21-13-17-7-3-2-6-16(17)12-20(21)25-14)24-27-18-10-4-8-15-9-5-11-19(28-24)22(15)18;1-2-6-17-12-20-19(11-16(17)5-1)24-13-22(26-20)27-14-25-18-9-3-7-15-8-4-10-21(27)23(15)18;3*1-4(6)3-5(2)7;;;/h2-13,15-16H,1H3;2-13H,1H3;1-13H;3*3,6H,1-2H3;;;/q3*-1;;;;3*+1. The molecule has 110 heavy (non-hydrogen) atoms. The van der Waals surface area contributed by atoms with Gasteiger partial charge in [0.1, 0.15) is 0 Å². The molecule has 16 nitrogen and oxygen atoms in total. The summed E-state index contributed by atoms with van der Waals surface area (Å²) < 4.78 is 0. The topological polar surface area (TPSA) is 231 Å². The van der Waals surface area contributed by atoms with E-state index in [0.717, 1.165) is 133 Å². The van der Waals surface area contributed by atoms with Crippen molar-refractivity contribution in [3.8, 4) is 11.3 Å². The Hall–Kier alpha value is -12.1. The Kier molecular flexibility index (Phi) is 24.7. The zero-order valence-corrected chi connectivity index (χ0v) is 68.5. The number of carbonyl (C=O) groups excluding carboxylic acids is 3. The first-order valence-corrected chi connectivity index (χ1v) is 34.6. The van der Waals surface area contributed by atoms with Crippen molar-refractivity contribution in [2.24, 2.45) is 9.98 Å². The summed E-state index contributed by atoms with van der Waals surface area (Å²) in [6.45, 7) is 12.5. The van der Waals surface area contributed by atoms with Crippen molar-refractivity contribution < 1.29 is 89.1 Å². The van der Waals surface area contributed by atoms with Crippen LogP contribution in [0.25, 0.3) is 136 Å². The Bertz CT molecular complexity index is 6470. The Labute approximate surface area is 673 Å². The van der Waals surface area contributed by atoms with Crippen LogP contribution in [0.1, 0.15) is 58.6 Å². The number of hydrogen-bond acceptors (Lipinski definition) is 15. The fourth-order valence-electron chi connectivity index (χ4n) is 13.4. The third-order valence-electron chi connectivity index (χ3n) is 17.8. The van der Waals surface area contributed by atoms with E-state index in [1.54, 1.807) is 6.20 Å². The number of hydrogen-bond donors (Lipinski definition) is 3. The summed E-state index contributed by atoms with van der Waals surface area (Å²) in [5.74, 6) is 1.14. The average molecular weight is 1970 g/mol. The van der Waals surface area contributed by atoms with Crippen molar-refractivity contribution in [1.29, 1.82) is 0 Å². The minimum atomic E-state index is -0.125. The molecule has 3 aromatic heterocycles.